The Morgan fingerprint density at radius 2 is 2.15 bits per heavy atom. The minimum Gasteiger partial charge on any atom is -0.434 e. The fraction of sp³-hybridized carbons (Fsp3) is 0.111. The van der Waals surface area contributed by atoms with Gasteiger partial charge >= 0.3 is 0 Å². The molecular formula is C9H7NO3. The molecule has 1 heterocycles. The number of oxime groups is 1. The van der Waals surface area contributed by atoms with Gasteiger partial charge in [0.2, 0.25) is 5.78 Å². The molecule has 1 aliphatic rings. The Morgan fingerprint density at radius 1 is 1.38 bits per heavy atom. The van der Waals surface area contributed by atoms with Gasteiger partial charge in [0, 0.05) is 12.0 Å². The molecule has 0 atom stereocenters. The van der Waals surface area contributed by atoms with E-state index in [4.69, 9.17) is 9.94 Å². The van der Waals surface area contributed by atoms with Gasteiger partial charge in [-0.2, -0.15) is 0 Å². The number of hydrogen-bond donors (Lipinski definition) is 1. The van der Waals surface area contributed by atoms with Gasteiger partial charge in [0.25, 0.3) is 5.90 Å². The van der Waals surface area contributed by atoms with Gasteiger partial charge in [-0.3, -0.25) is 4.79 Å². The lowest BCUT2D eigenvalue weighted by Crippen LogP contribution is -2.27. The van der Waals surface area contributed by atoms with Crippen LogP contribution in [0, 0.1) is 0 Å². The van der Waals surface area contributed by atoms with E-state index in [9.17, 15) is 4.79 Å². The van der Waals surface area contributed by atoms with Crippen molar-refractivity contribution in [3.8, 4) is 5.75 Å². The zero-order chi connectivity index (χ0) is 9.26. The Hall–Kier alpha value is -1.84. The molecule has 0 aromatic heterocycles. The molecule has 0 radical (unpaired) electrons. The number of hydrogen-bond acceptors (Lipinski definition) is 4. The van der Waals surface area contributed by atoms with Crippen LogP contribution in [0.3, 0.4) is 0 Å². The summed E-state index contributed by atoms with van der Waals surface area (Å²) in [7, 11) is 0. The summed E-state index contributed by atoms with van der Waals surface area (Å²) in [5.41, 5.74) is 0.819. The van der Waals surface area contributed by atoms with Crippen LogP contribution in [0.1, 0.15) is 5.56 Å². The highest BCUT2D eigenvalue weighted by molar-refractivity contribution is 6.38. The number of carbonyl (C=O) groups excluding carboxylic acids is 1. The van der Waals surface area contributed by atoms with Crippen molar-refractivity contribution in [2.75, 3.05) is 0 Å². The minimum atomic E-state index is -0.304. The van der Waals surface area contributed by atoms with E-state index in [1.807, 2.05) is 6.07 Å². The van der Waals surface area contributed by atoms with Crippen molar-refractivity contribution in [2.24, 2.45) is 5.16 Å². The lowest BCUT2D eigenvalue weighted by molar-refractivity contribution is -0.113. The molecule has 1 aromatic rings. The van der Waals surface area contributed by atoms with Gasteiger partial charge in [0.1, 0.15) is 5.75 Å². The highest BCUT2D eigenvalue weighted by Gasteiger charge is 2.23. The average Bonchev–Trinajstić information content (AvgIpc) is 2.17. The molecule has 1 aromatic carbocycles. The zero-order valence-electron chi connectivity index (χ0n) is 6.73. The molecule has 0 spiro atoms. The molecule has 0 bridgehead atoms. The molecule has 1 aliphatic heterocycles. The molecule has 0 saturated carbocycles. The average molecular weight is 177 g/mol. The van der Waals surface area contributed by atoms with Crippen LogP contribution in [0.25, 0.3) is 0 Å². The summed E-state index contributed by atoms with van der Waals surface area (Å²) in [5, 5.41) is 11.2. The fourth-order valence-electron chi connectivity index (χ4n) is 1.24. The Kier molecular flexibility index (Phi) is 1.73. The van der Waals surface area contributed by atoms with Crippen molar-refractivity contribution in [3.05, 3.63) is 29.8 Å². The summed E-state index contributed by atoms with van der Waals surface area (Å²) >= 11 is 0. The van der Waals surface area contributed by atoms with Crippen molar-refractivity contribution in [1.29, 1.82) is 0 Å². The highest BCUT2D eigenvalue weighted by Crippen LogP contribution is 2.23. The summed E-state index contributed by atoms with van der Waals surface area (Å²) in [6.07, 6.45) is 0.232. The number of para-hydroxylation sites is 1. The first-order valence-corrected chi connectivity index (χ1v) is 3.82. The molecule has 0 aliphatic carbocycles. The van der Waals surface area contributed by atoms with Crippen LogP contribution in [0.15, 0.2) is 29.4 Å². The summed E-state index contributed by atoms with van der Waals surface area (Å²) in [6.45, 7) is 0. The van der Waals surface area contributed by atoms with Gasteiger partial charge in [-0.25, -0.2) is 0 Å². The summed E-state index contributed by atoms with van der Waals surface area (Å²) in [5.74, 6) is 0.0369. The Morgan fingerprint density at radius 3 is 2.92 bits per heavy atom. The topological polar surface area (TPSA) is 58.9 Å². The third-order valence-electron chi connectivity index (χ3n) is 1.86. The third kappa shape index (κ3) is 1.26. The number of ketones is 1. The van der Waals surface area contributed by atoms with E-state index in [1.165, 1.54) is 0 Å². The second kappa shape index (κ2) is 2.90. The van der Waals surface area contributed by atoms with E-state index in [0.29, 0.717) is 5.75 Å². The molecular weight excluding hydrogens is 170 g/mol. The first-order chi connectivity index (χ1) is 6.31. The van der Waals surface area contributed by atoms with Crippen molar-refractivity contribution >= 4 is 11.7 Å². The third-order valence-corrected chi connectivity index (χ3v) is 1.86. The first-order valence-electron chi connectivity index (χ1n) is 3.82. The van der Waals surface area contributed by atoms with E-state index in [0.717, 1.165) is 5.56 Å². The molecule has 0 amide bonds. The molecule has 2 rings (SSSR count). The van der Waals surface area contributed by atoms with Crippen LogP contribution in [-0.4, -0.2) is 16.9 Å². The van der Waals surface area contributed by atoms with Crippen molar-refractivity contribution in [2.45, 2.75) is 6.42 Å². The summed E-state index contributed by atoms with van der Waals surface area (Å²) in [6, 6.07) is 7.16. The maximum absolute atomic E-state index is 11.2. The molecule has 0 unspecified atom stereocenters. The predicted molar refractivity (Wildman–Crippen MR) is 45.0 cm³/mol. The van der Waals surface area contributed by atoms with E-state index in [2.05, 4.69) is 5.16 Å². The van der Waals surface area contributed by atoms with Crippen LogP contribution in [0.5, 0.6) is 5.75 Å². The molecule has 13 heavy (non-hydrogen) atoms. The Labute approximate surface area is 74.4 Å². The lowest BCUT2D eigenvalue weighted by atomic mass is 10.1. The van der Waals surface area contributed by atoms with E-state index >= 15 is 0 Å². The second-order valence-electron chi connectivity index (χ2n) is 2.71. The predicted octanol–water partition coefficient (Wildman–Crippen LogP) is 0.978. The minimum absolute atomic E-state index is 0.232. The van der Waals surface area contributed by atoms with Crippen LogP contribution >= 0.6 is 0 Å². The quantitative estimate of drug-likeness (QED) is 0.474. The normalized spacial score (nSPS) is 18.2. The molecule has 4 heteroatoms. The smallest absolute Gasteiger partial charge is 0.299 e. The summed E-state index contributed by atoms with van der Waals surface area (Å²) in [4.78, 5) is 11.2. The lowest BCUT2D eigenvalue weighted by Gasteiger charge is -2.15. The first kappa shape index (κ1) is 7.79. The number of fused-ring (bicyclic) bond motifs is 1. The number of nitrogens with zero attached hydrogens (tertiary/aromatic N) is 1. The monoisotopic (exact) mass is 177 g/mol. The molecule has 4 nitrogen and oxygen atoms in total. The number of benzene rings is 1. The maximum atomic E-state index is 11.2. The number of Topliss-reactive ketones (excluding diaryl/α,β-unsaturated/α-hetero) is 1. The fourth-order valence-corrected chi connectivity index (χ4v) is 1.24. The maximum Gasteiger partial charge on any atom is 0.299 e. The van der Waals surface area contributed by atoms with Gasteiger partial charge in [0.15, 0.2) is 0 Å². The van der Waals surface area contributed by atoms with Crippen molar-refractivity contribution < 1.29 is 14.7 Å². The molecule has 1 N–H and O–H groups in total. The van der Waals surface area contributed by atoms with Crippen LogP contribution in [0.2, 0.25) is 0 Å². The van der Waals surface area contributed by atoms with Crippen LogP contribution in [-0.2, 0) is 11.2 Å². The number of carbonyl (C=O) groups is 1. The zero-order valence-corrected chi connectivity index (χ0v) is 6.73. The van der Waals surface area contributed by atoms with Gasteiger partial charge in [0.05, 0.1) is 0 Å². The molecule has 66 valence electrons. The van der Waals surface area contributed by atoms with E-state index in [1.54, 1.807) is 18.2 Å². The molecule has 0 fully saturated rings. The summed E-state index contributed by atoms with van der Waals surface area (Å²) < 4.78 is 5.04. The van der Waals surface area contributed by atoms with Gasteiger partial charge < -0.3 is 9.94 Å². The van der Waals surface area contributed by atoms with Crippen molar-refractivity contribution in [1.82, 2.24) is 0 Å². The SMILES string of the molecule is O=C1Cc2ccccc2OC1=NO. The molecule has 0 saturated heterocycles. The Bertz CT molecular complexity index is 384. The van der Waals surface area contributed by atoms with Gasteiger partial charge in [-0.05, 0) is 11.2 Å². The largest absolute Gasteiger partial charge is 0.434 e. The standard InChI is InChI=1S/C9H7NO3/c11-7-5-6-3-1-2-4-8(6)13-9(7)10-12/h1-4,12H,5H2. The highest BCUT2D eigenvalue weighted by atomic mass is 16.5. The van der Waals surface area contributed by atoms with Crippen LogP contribution < -0.4 is 4.74 Å². The van der Waals surface area contributed by atoms with E-state index < -0.39 is 0 Å². The van der Waals surface area contributed by atoms with Gasteiger partial charge in [-0.15, -0.1) is 0 Å². The van der Waals surface area contributed by atoms with E-state index in [-0.39, 0.29) is 18.1 Å². The van der Waals surface area contributed by atoms with Crippen LogP contribution in [0.4, 0.5) is 0 Å². The number of rotatable bonds is 0. The second-order valence-corrected chi connectivity index (χ2v) is 2.71. The number of ether oxygens (including phenoxy) is 1. The Balaban J connectivity index is 2.44. The van der Waals surface area contributed by atoms with Gasteiger partial charge in [-0.1, -0.05) is 18.2 Å². The van der Waals surface area contributed by atoms with Crippen molar-refractivity contribution in [3.63, 3.8) is 0 Å².